The molecule has 0 radical (unpaired) electrons. The van der Waals surface area contributed by atoms with E-state index in [1.165, 1.54) is 62.3 Å². The molecule has 18 heteroatoms. The maximum Gasteiger partial charge on any atom is 0.242 e. The smallest absolute Gasteiger partial charge is 0.242 e. The minimum Gasteiger partial charge on any atom is -0.376 e. The van der Waals surface area contributed by atoms with Crippen LogP contribution in [0.3, 0.4) is 0 Å². The van der Waals surface area contributed by atoms with Crippen LogP contribution in [0.5, 0.6) is 0 Å². The van der Waals surface area contributed by atoms with E-state index in [0.29, 0.717) is 6.29 Å². The average molecular weight is 644 g/mol. The van der Waals surface area contributed by atoms with Crippen LogP contribution in [0.1, 0.15) is 62.3 Å². The first-order chi connectivity index (χ1) is 20.7. The fraction of sp³-hybridized carbons (Fsp3) is 0.704. The molecular weight excluding hydrogens is 594 g/mol. The molecule has 1 unspecified atom stereocenters. The molecule has 0 saturated heterocycles. The van der Waals surface area contributed by atoms with E-state index in [0.717, 1.165) is 0 Å². The van der Waals surface area contributed by atoms with E-state index in [-0.39, 0.29) is 0 Å². The highest BCUT2D eigenvalue weighted by Crippen LogP contribution is 1.97. The number of aliphatic hydroxyl groups excluding tert-OH is 1. The predicted molar refractivity (Wildman–Crippen MR) is 162 cm³/mol. The lowest BCUT2D eigenvalue weighted by Gasteiger charge is -2.27. The van der Waals surface area contributed by atoms with E-state index in [1.807, 2.05) is 0 Å². The number of rotatable bonds is 18. The van der Waals surface area contributed by atoms with E-state index in [2.05, 4.69) is 42.5 Å². The van der Waals surface area contributed by atoms with E-state index >= 15 is 0 Å². The van der Waals surface area contributed by atoms with Crippen LogP contribution in [-0.2, 0) is 38.4 Å². The summed E-state index contributed by atoms with van der Waals surface area (Å²) in [6, 6.07) is -8.63. The monoisotopic (exact) mass is 643 g/mol. The highest BCUT2D eigenvalue weighted by molar-refractivity contribution is 5.95. The van der Waals surface area contributed by atoms with Crippen molar-refractivity contribution in [1.29, 1.82) is 0 Å². The first-order valence-electron chi connectivity index (χ1n) is 14.5. The molecule has 0 bridgehead atoms. The van der Waals surface area contributed by atoms with Crippen molar-refractivity contribution in [2.75, 3.05) is 0 Å². The Bertz CT molecular complexity index is 1090. The quantitative estimate of drug-likeness (QED) is 0.0501. The highest BCUT2D eigenvalue weighted by atomic mass is 16.3. The Labute approximate surface area is 262 Å². The summed E-state index contributed by atoms with van der Waals surface area (Å²) in [5, 5.41) is 30.1. The van der Waals surface area contributed by atoms with Gasteiger partial charge in [0.2, 0.25) is 41.4 Å². The molecule has 0 aliphatic rings. The van der Waals surface area contributed by atoms with Crippen molar-refractivity contribution in [1.82, 2.24) is 42.5 Å². The number of carbonyl (C=O) groups is 8. The minimum absolute atomic E-state index is 0.531. The molecule has 0 aromatic rings. The predicted octanol–water partition coefficient (Wildman–Crippen LogP) is -4.64. The second-order valence-corrected chi connectivity index (χ2v) is 11.0. The molecule has 0 aliphatic carbocycles. The van der Waals surface area contributed by atoms with Gasteiger partial charge >= 0.3 is 0 Å². The van der Waals surface area contributed by atoms with Crippen molar-refractivity contribution in [3.63, 3.8) is 0 Å². The van der Waals surface area contributed by atoms with E-state index in [9.17, 15) is 43.5 Å². The maximum absolute atomic E-state index is 12.6. The SMILES string of the molecule is C[C@H](N)C(=O)N[C@@H](C)C(=O)N[C@@H](C)C(=O)N[C@@H](C)C(O)N[C@@H](C)C(=O)N[C@@H](C)C(=O)N[C@@H](C)C(=O)N[C@@H](C)C(=O)N[C@@H](C)C=O. The van der Waals surface area contributed by atoms with Crippen molar-refractivity contribution in [2.45, 2.75) is 123 Å². The highest BCUT2D eigenvalue weighted by Gasteiger charge is 2.28. The van der Waals surface area contributed by atoms with Gasteiger partial charge in [-0.2, -0.15) is 0 Å². The molecule has 0 fully saturated rings. The molecule has 0 saturated carbocycles. The first-order valence-corrected chi connectivity index (χ1v) is 14.5. The van der Waals surface area contributed by atoms with Gasteiger partial charge < -0.3 is 52.9 Å². The number of carbonyl (C=O) groups excluding carboxylic acids is 8. The summed E-state index contributed by atoms with van der Waals surface area (Å²) in [7, 11) is 0. The van der Waals surface area contributed by atoms with Gasteiger partial charge in [0.15, 0.2) is 0 Å². The second kappa shape index (κ2) is 19.3. The maximum atomic E-state index is 12.6. The number of aliphatic hydroxyl groups is 1. The lowest BCUT2D eigenvalue weighted by atomic mass is 10.2. The zero-order valence-corrected chi connectivity index (χ0v) is 27.1. The van der Waals surface area contributed by atoms with Gasteiger partial charge in [0.25, 0.3) is 0 Å². The van der Waals surface area contributed by atoms with Gasteiger partial charge in [-0.25, -0.2) is 0 Å². The molecule has 0 heterocycles. The number of hydrogen-bond donors (Lipinski definition) is 10. The fourth-order valence-electron chi connectivity index (χ4n) is 3.31. The Morgan fingerprint density at radius 3 is 1.11 bits per heavy atom. The number of nitrogens with two attached hydrogens (primary N) is 1. The first kappa shape index (κ1) is 40.8. The molecule has 0 spiro atoms. The standard InChI is InChI=1S/C27H49N9O9/c1-11(10-37)29-21(39)13(3)31-23(41)15(5)33-25(43)17(7)35-27(45)19(9)36-26(44)18(8)34-24(42)16(6)32-22(40)14(4)30-20(38)12(2)28/h10-19,26,36,44H,28H2,1-9H3,(H,29,39)(H,30,38)(H,31,41)(H,32,40)(H,33,43)(H,34,42)(H,35,45)/t11-,12-,13-,14-,15-,16-,17-,18-,19-,26?/m0/s1. The van der Waals surface area contributed by atoms with Gasteiger partial charge in [0.05, 0.1) is 24.2 Å². The van der Waals surface area contributed by atoms with Crippen LogP contribution in [0.15, 0.2) is 0 Å². The third-order valence-corrected chi connectivity index (χ3v) is 6.41. The number of hydrogen-bond acceptors (Lipinski definition) is 11. The van der Waals surface area contributed by atoms with Crippen LogP contribution in [0.4, 0.5) is 0 Å². The molecule has 10 atom stereocenters. The van der Waals surface area contributed by atoms with Crippen molar-refractivity contribution in [3.05, 3.63) is 0 Å². The largest absolute Gasteiger partial charge is 0.376 e. The third kappa shape index (κ3) is 14.9. The number of aldehydes is 1. The molecule has 0 aliphatic heterocycles. The number of amides is 7. The van der Waals surface area contributed by atoms with Gasteiger partial charge in [-0.1, -0.05) is 0 Å². The fourth-order valence-corrected chi connectivity index (χ4v) is 3.31. The van der Waals surface area contributed by atoms with E-state index in [4.69, 9.17) is 5.73 Å². The molecule has 18 nitrogen and oxygen atoms in total. The summed E-state index contributed by atoms with van der Waals surface area (Å²) in [4.78, 5) is 96.7. The summed E-state index contributed by atoms with van der Waals surface area (Å²) in [5.74, 6) is -4.44. The van der Waals surface area contributed by atoms with Gasteiger partial charge in [0, 0.05) is 0 Å². The Balaban J connectivity index is 4.79. The number of nitrogens with one attached hydrogen (secondary N) is 8. The van der Waals surface area contributed by atoms with Gasteiger partial charge in [-0.15, -0.1) is 0 Å². The van der Waals surface area contributed by atoms with Crippen LogP contribution < -0.4 is 48.3 Å². The Morgan fingerprint density at radius 1 is 0.489 bits per heavy atom. The van der Waals surface area contributed by atoms with Crippen LogP contribution >= 0.6 is 0 Å². The Morgan fingerprint density at radius 2 is 0.778 bits per heavy atom. The van der Waals surface area contributed by atoms with Gasteiger partial charge in [-0.3, -0.25) is 38.9 Å². The van der Waals surface area contributed by atoms with Crippen molar-refractivity contribution in [2.24, 2.45) is 5.73 Å². The topological polar surface area (TPSA) is 279 Å². The zero-order chi connectivity index (χ0) is 35.2. The molecule has 0 aromatic carbocycles. The molecule has 11 N–H and O–H groups in total. The molecule has 0 rings (SSSR count). The average Bonchev–Trinajstić information content (AvgIpc) is 2.95. The van der Waals surface area contributed by atoms with Crippen LogP contribution in [0.2, 0.25) is 0 Å². The lowest BCUT2D eigenvalue weighted by Crippen LogP contribution is -2.59. The van der Waals surface area contributed by atoms with Crippen molar-refractivity contribution in [3.8, 4) is 0 Å². The molecule has 7 amide bonds. The summed E-state index contributed by atoms with van der Waals surface area (Å²) in [6.45, 7) is 12.8. The summed E-state index contributed by atoms with van der Waals surface area (Å²) < 4.78 is 0. The van der Waals surface area contributed by atoms with E-state index < -0.39 is 102 Å². The molecule has 256 valence electrons. The van der Waals surface area contributed by atoms with Crippen molar-refractivity contribution >= 4 is 47.6 Å². The lowest BCUT2D eigenvalue weighted by molar-refractivity contribution is -0.133. The molecular formula is C27H49N9O9. The normalized spacial score (nSPS) is 17.6. The van der Waals surface area contributed by atoms with Gasteiger partial charge in [-0.05, 0) is 62.3 Å². The molecule has 0 aromatic heterocycles. The minimum atomic E-state index is -1.41. The molecule has 45 heavy (non-hydrogen) atoms. The summed E-state index contributed by atoms with van der Waals surface area (Å²) in [6.07, 6.45) is -0.883. The summed E-state index contributed by atoms with van der Waals surface area (Å²) in [5.41, 5.74) is 5.46. The second-order valence-electron chi connectivity index (χ2n) is 11.0. The zero-order valence-electron chi connectivity index (χ0n) is 27.1. The van der Waals surface area contributed by atoms with Crippen LogP contribution in [-0.4, -0.2) is 113 Å². The summed E-state index contributed by atoms with van der Waals surface area (Å²) >= 11 is 0. The van der Waals surface area contributed by atoms with Gasteiger partial charge in [0.1, 0.15) is 42.7 Å². The Hall–Kier alpha value is -4.16. The van der Waals surface area contributed by atoms with Crippen LogP contribution in [0, 0.1) is 0 Å². The van der Waals surface area contributed by atoms with Crippen LogP contribution in [0.25, 0.3) is 0 Å². The van der Waals surface area contributed by atoms with Crippen molar-refractivity contribution < 1.29 is 43.5 Å². The Kier molecular flexibility index (Phi) is 17.5. The van der Waals surface area contributed by atoms with E-state index in [1.54, 1.807) is 0 Å². The third-order valence-electron chi connectivity index (χ3n) is 6.41.